The van der Waals surface area contributed by atoms with Crippen molar-refractivity contribution in [3.05, 3.63) is 64.0 Å². The van der Waals surface area contributed by atoms with Crippen LogP contribution in [-0.2, 0) is 14.4 Å². The molecule has 1 heterocycles. The van der Waals surface area contributed by atoms with Gasteiger partial charge in [0.25, 0.3) is 11.6 Å². The maximum Gasteiger partial charge on any atom is 0.293 e. The van der Waals surface area contributed by atoms with E-state index in [0.29, 0.717) is 37.6 Å². The maximum absolute atomic E-state index is 13.6. The highest BCUT2D eigenvalue weighted by Gasteiger charge is 2.22. The van der Waals surface area contributed by atoms with E-state index >= 15 is 0 Å². The summed E-state index contributed by atoms with van der Waals surface area (Å²) in [7, 11) is 0. The molecule has 0 unspecified atom stereocenters. The number of morpholine rings is 1. The first-order chi connectivity index (χ1) is 14.5. The van der Waals surface area contributed by atoms with Crippen molar-refractivity contribution in [1.29, 1.82) is 0 Å². The van der Waals surface area contributed by atoms with Crippen molar-refractivity contribution in [2.45, 2.75) is 13.0 Å². The van der Waals surface area contributed by atoms with E-state index in [2.05, 4.69) is 10.5 Å². The van der Waals surface area contributed by atoms with Crippen LogP contribution in [0.4, 0.5) is 21.5 Å². The third-order valence-corrected chi connectivity index (χ3v) is 4.47. The summed E-state index contributed by atoms with van der Waals surface area (Å²) in [4.78, 5) is 30.1. The largest absolute Gasteiger partial charge is 0.383 e. The van der Waals surface area contributed by atoms with Gasteiger partial charge in [-0.2, -0.15) is 0 Å². The number of carbonyl (C=O) groups excluding carboxylic acids is 1. The van der Waals surface area contributed by atoms with Crippen molar-refractivity contribution in [2.24, 2.45) is 5.16 Å². The Labute approximate surface area is 172 Å². The molecular weight excluding hydrogens is 395 g/mol. The van der Waals surface area contributed by atoms with Crippen LogP contribution < -0.4 is 10.2 Å². The SMILES string of the molecule is C[C@H](O/N=C\c1ccc(N2CCOCC2)c([N+](=O)[O-])c1)C(=O)Nc1ccccc1F. The lowest BCUT2D eigenvalue weighted by molar-refractivity contribution is -0.384. The molecule has 30 heavy (non-hydrogen) atoms. The number of nitro groups is 1. The second kappa shape index (κ2) is 9.79. The van der Waals surface area contributed by atoms with Crippen LogP contribution in [0.2, 0.25) is 0 Å². The van der Waals surface area contributed by atoms with Crippen LogP contribution in [-0.4, -0.2) is 49.5 Å². The molecule has 0 aromatic heterocycles. The molecule has 0 saturated carbocycles. The minimum atomic E-state index is -0.997. The monoisotopic (exact) mass is 416 g/mol. The summed E-state index contributed by atoms with van der Waals surface area (Å²) in [6.45, 7) is 3.64. The number of hydrogen-bond acceptors (Lipinski definition) is 7. The summed E-state index contributed by atoms with van der Waals surface area (Å²) in [6, 6.07) is 10.5. The van der Waals surface area contributed by atoms with E-state index in [-0.39, 0.29) is 11.4 Å². The Kier molecular flexibility index (Phi) is 6.91. The van der Waals surface area contributed by atoms with E-state index in [1.54, 1.807) is 18.2 Å². The van der Waals surface area contributed by atoms with Crippen molar-refractivity contribution in [3.63, 3.8) is 0 Å². The van der Waals surface area contributed by atoms with Crippen molar-refractivity contribution in [2.75, 3.05) is 36.5 Å². The van der Waals surface area contributed by atoms with Crippen molar-refractivity contribution in [1.82, 2.24) is 0 Å². The second-order valence-electron chi connectivity index (χ2n) is 6.56. The summed E-state index contributed by atoms with van der Waals surface area (Å²) in [5, 5.41) is 17.6. The summed E-state index contributed by atoms with van der Waals surface area (Å²) in [6.07, 6.45) is 0.284. The number of amides is 1. The first kappa shape index (κ1) is 21.2. The van der Waals surface area contributed by atoms with Crippen LogP contribution in [0.5, 0.6) is 0 Å². The van der Waals surface area contributed by atoms with Gasteiger partial charge in [-0.25, -0.2) is 4.39 Å². The zero-order chi connectivity index (χ0) is 21.5. The molecule has 158 valence electrons. The van der Waals surface area contributed by atoms with E-state index < -0.39 is 22.8 Å². The van der Waals surface area contributed by atoms with Gasteiger partial charge in [-0.3, -0.25) is 14.9 Å². The minimum absolute atomic E-state index is 0.0382. The Balaban J connectivity index is 1.63. The van der Waals surface area contributed by atoms with Gasteiger partial charge in [0.05, 0.1) is 30.0 Å². The molecule has 1 N–H and O–H groups in total. The van der Waals surface area contributed by atoms with Crippen LogP contribution in [0.1, 0.15) is 12.5 Å². The lowest BCUT2D eigenvalue weighted by atomic mass is 10.1. The third-order valence-electron chi connectivity index (χ3n) is 4.47. The molecule has 0 spiro atoms. The van der Waals surface area contributed by atoms with Crippen molar-refractivity contribution in [3.8, 4) is 0 Å². The fourth-order valence-electron chi connectivity index (χ4n) is 2.87. The third kappa shape index (κ3) is 5.29. The molecule has 10 heteroatoms. The predicted octanol–water partition coefficient (Wildman–Crippen LogP) is 2.95. The maximum atomic E-state index is 13.6. The molecule has 1 saturated heterocycles. The number of nitro benzene ring substituents is 1. The first-order valence-electron chi connectivity index (χ1n) is 9.31. The molecule has 1 fully saturated rings. The van der Waals surface area contributed by atoms with Crippen LogP contribution in [0.25, 0.3) is 0 Å². The number of rotatable bonds is 7. The van der Waals surface area contributed by atoms with Crippen LogP contribution in [0.3, 0.4) is 0 Å². The standard InChI is InChI=1S/C20H21FN4O5/c1-14(20(26)23-17-5-3-2-4-16(17)21)30-22-13-15-6-7-18(19(12-15)25(27)28)24-8-10-29-11-9-24/h2-7,12-14H,8-11H2,1H3,(H,23,26)/b22-13-/t14-/m0/s1. The van der Waals surface area contributed by atoms with Gasteiger partial charge < -0.3 is 19.8 Å². The molecule has 1 atom stereocenters. The summed E-state index contributed by atoms with van der Waals surface area (Å²) in [5.41, 5.74) is 0.946. The first-order valence-corrected chi connectivity index (χ1v) is 9.31. The topological polar surface area (TPSA) is 106 Å². The average Bonchev–Trinajstić information content (AvgIpc) is 2.75. The van der Waals surface area contributed by atoms with Crippen LogP contribution in [0, 0.1) is 15.9 Å². The lowest BCUT2D eigenvalue weighted by Gasteiger charge is -2.28. The molecular formula is C20H21FN4O5. The van der Waals surface area contributed by atoms with Crippen LogP contribution in [0.15, 0.2) is 47.6 Å². The van der Waals surface area contributed by atoms with E-state index in [4.69, 9.17) is 9.57 Å². The van der Waals surface area contributed by atoms with E-state index in [1.165, 1.54) is 37.4 Å². The van der Waals surface area contributed by atoms with Gasteiger partial charge in [0.2, 0.25) is 6.10 Å². The molecule has 1 aliphatic heterocycles. The lowest BCUT2D eigenvalue weighted by Crippen LogP contribution is -2.36. The number of ether oxygens (including phenoxy) is 1. The Morgan fingerprint density at radius 3 is 2.77 bits per heavy atom. The van der Waals surface area contributed by atoms with Gasteiger partial charge in [0.15, 0.2) is 0 Å². The highest BCUT2D eigenvalue weighted by atomic mass is 19.1. The molecule has 0 bridgehead atoms. The highest BCUT2D eigenvalue weighted by Crippen LogP contribution is 2.29. The second-order valence-corrected chi connectivity index (χ2v) is 6.56. The molecule has 0 radical (unpaired) electrons. The number of hydrogen-bond donors (Lipinski definition) is 1. The number of carbonyl (C=O) groups is 1. The fraction of sp³-hybridized carbons (Fsp3) is 0.300. The van der Waals surface area contributed by atoms with Crippen LogP contribution >= 0.6 is 0 Å². The highest BCUT2D eigenvalue weighted by molar-refractivity contribution is 5.94. The Morgan fingerprint density at radius 1 is 1.33 bits per heavy atom. The van der Waals surface area contributed by atoms with Gasteiger partial charge in [-0.1, -0.05) is 23.4 Å². The van der Waals surface area contributed by atoms with E-state index in [9.17, 15) is 19.3 Å². The zero-order valence-corrected chi connectivity index (χ0v) is 16.3. The minimum Gasteiger partial charge on any atom is -0.383 e. The smallest absolute Gasteiger partial charge is 0.293 e. The molecule has 9 nitrogen and oxygen atoms in total. The quantitative estimate of drug-likeness (QED) is 0.423. The zero-order valence-electron chi connectivity index (χ0n) is 16.3. The van der Waals surface area contributed by atoms with E-state index in [1.807, 2.05) is 4.90 Å². The number of anilines is 2. The number of para-hydroxylation sites is 1. The molecule has 0 aliphatic carbocycles. The van der Waals surface area contributed by atoms with E-state index in [0.717, 1.165) is 0 Å². The normalized spacial score (nSPS) is 15.1. The van der Waals surface area contributed by atoms with Gasteiger partial charge in [0, 0.05) is 24.7 Å². The number of benzene rings is 2. The van der Waals surface area contributed by atoms with Gasteiger partial charge >= 0.3 is 0 Å². The fourth-order valence-corrected chi connectivity index (χ4v) is 2.87. The number of nitrogens with one attached hydrogen (secondary N) is 1. The summed E-state index contributed by atoms with van der Waals surface area (Å²) >= 11 is 0. The number of oxime groups is 1. The van der Waals surface area contributed by atoms with Gasteiger partial charge in [0.1, 0.15) is 11.5 Å². The van der Waals surface area contributed by atoms with Gasteiger partial charge in [-0.05, 0) is 25.1 Å². The number of nitrogens with zero attached hydrogens (tertiary/aromatic N) is 3. The predicted molar refractivity (Wildman–Crippen MR) is 109 cm³/mol. The Hall–Kier alpha value is -3.53. The number of halogens is 1. The average molecular weight is 416 g/mol. The Bertz CT molecular complexity index is 947. The van der Waals surface area contributed by atoms with Gasteiger partial charge in [-0.15, -0.1) is 0 Å². The van der Waals surface area contributed by atoms with Crippen molar-refractivity contribution >= 4 is 29.2 Å². The molecule has 1 amide bonds. The molecule has 2 aromatic carbocycles. The molecule has 1 aliphatic rings. The summed E-state index contributed by atoms with van der Waals surface area (Å²) < 4.78 is 18.9. The molecule has 3 rings (SSSR count). The summed E-state index contributed by atoms with van der Waals surface area (Å²) in [5.74, 6) is -1.14. The molecule has 2 aromatic rings. The Morgan fingerprint density at radius 2 is 2.07 bits per heavy atom. The van der Waals surface area contributed by atoms with Crippen molar-refractivity contribution < 1.29 is 23.7 Å².